The second-order valence-electron chi connectivity index (χ2n) is 4.41. The predicted octanol–water partition coefficient (Wildman–Crippen LogP) is 1.88. The van der Waals surface area contributed by atoms with Crippen molar-refractivity contribution in [1.82, 2.24) is 5.32 Å². The van der Waals surface area contributed by atoms with Crippen LogP contribution in [0.5, 0.6) is 0 Å². The summed E-state index contributed by atoms with van der Waals surface area (Å²) < 4.78 is 5.45. The van der Waals surface area contributed by atoms with Crippen LogP contribution in [0.15, 0.2) is 4.99 Å². The van der Waals surface area contributed by atoms with Gasteiger partial charge in [0.05, 0.1) is 6.61 Å². The number of ether oxygens (including phenoxy) is 1. The summed E-state index contributed by atoms with van der Waals surface area (Å²) in [6, 6.07) is 0.590. The van der Waals surface area contributed by atoms with Gasteiger partial charge in [-0.1, -0.05) is 11.8 Å². The zero-order valence-corrected chi connectivity index (χ0v) is 10.2. The molecule has 0 aromatic heterocycles. The molecule has 15 heavy (non-hydrogen) atoms. The Balaban J connectivity index is 1.76. The van der Waals surface area contributed by atoms with Crippen molar-refractivity contribution in [3.8, 4) is 0 Å². The van der Waals surface area contributed by atoms with Crippen molar-refractivity contribution in [3.63, 3.8) is 0 Å². The minimum absolute atomic E-state index is 0.590. The molecule has 0 aromatic rings. The molecule has 4 heteroatoms. The molecule has 0 aliphatic carbocycles. The molecule has 0 radical (unpaired) electrons. The molecule has 1 N–H and O–H groups in total. The van der Waals surface area contributed by atoms with E-state index in [4.69, 9.17) is 4.74 Å². The summed E-state index contributed by atoms with van der Waals surface area (Å²) in [4.78, 5) is 4.65. The second-order valence-corrected chi connectivity index (χ2v) is 5.50. The van der Waals surface area contributed by atoms with Crippen LogP contribution < -0.4 is 5.32 Å². The topological polar surface area (TPSA) is 33.6 Å². The van der Waals surface area contributed by atoms with E-state index < -0.39 is 0 Å². The van der Waals surface area contributed by atoms with Crippen LogP contribution in [0, 0.1) is 5.92 Å². The number of amidine groups is 1. The maximum Gasteiger partial charge on any atom is 0.156 e. The van der Waals surface area contributed by atoms with E-state index in [2.05, 4.69) is 17.2 Å². The molecule has 2 fully saturated rings. The molecule has 2 saturated heterocycles. The average molecular weight is 228 g/mol. The summed E-state index contributed by atoms with van der Waals surface area (Å²) in [5.74, 6) is 1.85. The van der Waals surface area contributed by atoms with Gasteiger partial charge in [-0.3, -0.25) is 4.99 Å². The van der Waals surface area contributed by atoms with Crippen LogP contribution in [-0.4, -0.2) is 36.7 Å². The highest BCUT2D eigenvalue weighted by Gasteiger charge is 2.16. The van der Waals surface area contributed by atoms with Crippen molar-refractivity contribution in [2.24, 2.45) is 10.9 Å². The van der Waals surface area contributed by atoms with Crippen LogP contribution in [-0.2, 0) is 4.74 Å². The third kappa shape index (κ3) is 3.68. The second kappa shape index (κ2) is 5.75. The molecule has 0 amide bonds. The summed E-state index contributed by atoms with van der Waals surface area (Å²) in [6.07, 6.45) is 3.72. The fourth-order valence-corrected chi connectivity index (χ4v) is 3.03. The molecule has 2 aliphatic rings. The van der Waals surface area contributed by atoms with Gasteiger partial charge in [0, 0.05) is 30.9 Å². The molecule has 0 saturated carbocycles. The van der Waals surface area contributed by atoms with Gasteiger partial charge in [-0.2, -0.15) is 0 Å². The molecule has 3 nitrogen and oxygen atoms in total. The fraction of sp³-hybridized carbons (Fsp3) is 0.909. The summed E-state index contributed by atoms with van der Waals surface area (Å²) in [6.45, 7) is 5.00. The van der Waals surface area contributed by atoms with Crippen molar-refractivity contribution in [2.45, 2.75) is 32.2 Å². The SMILES string of the molecule is CC1CCSC(=NCC2CCCOC2)N1. The van der Waals surface area contributed by atoms with E-state index in [-0.39, 0.29) is 0 Å². The van der Waals surface area contributed by atoms with Crippen LogP contribution in [0.2, 0.25) is 0 Å². The van der Waals surface area contributed by atoms with Gasteiger partial charge in [-0.15, -0.1) is 0 Å². The summed E-state index contributed by atoms with van der Waals surface area (Å²) >= 11 is 1.85. The van der Waals surface area contributed by atoms with Crippen molar-refractivity contribution >= 4 is 16.9 Å². The lowest BCUT2D eigenvalue weighted by Gasteiger charge is -2.24. The number of aliphatic imine (C=N–C) groups is 1. The lowest BCUT2D eigenvalue weighted by molar-refractivity contribution is 0.0582. The van der Waals surface area contributed by atoms with E-state index in [1.807, 2.05) is 11.8 Å². The molecule has 2 atom stereocenters. The van der Waals surface area contributed by atoms with Crippen molar-refractivity contribution in [3.05, 3.63) is 0 Å². The number of nitrogens with zero attached hydrogens (tertiary/aromatic N) is 1. The summed E-state index contributed by atoms with van der Waals surface area (Å²) in [5, 5.41) is 4.57. The first-order valence-electron chi connectivity index (χ1n) is 5.86. The Morgan fingerprint density at radius 3 is 3.20 bits per heavy atom. The lowest BCUT2D eigenvalue weighted by atomic mass is 10.0. The van der Waals surface area contributed by atoms with E-state index in [0.717, 1.165) is 24.9 Å². The minimum Gasteiger partial charge on any atom is -0.381 e. The largest absolute Gasteiger partial charge is 0.381 e. The molecule has 0 bridgehead atoms. The molecular weight excluding hydrogens is 208 g/mol. The highest BCUT2D eigenvalue weighted by molar-refractivity contribution is 8.13. The molecular formula is C11H20N2OS. The Kier molecular flexibility index (Phi) is 4.32. The third-order valence-corrected chi connectivity index (χ3v) is 3.87. The lowest BCUT2D eigenvalue weighted by Crippen LogP contribution is -2.36. The fourth-order valence-electron chi connectivity index (χ4n) is 1.91. The third-order valence-electron chi connectivity index (χ3n) is 2.91. The maximum absolute atomic E-state index is 5.45. The van der Waals surface area contributed by atoms with Crippen molar-refractivity contribution < 1.29 is 4.74 Å². The van der Waals surface area contributed by atoms with Gasteiger partial charge in [0.15, 0.2) is 5.17 Å². The van der Waals surface area contributed by atoms with Gasteiger partial charge >= 0.3 is 0 Å². The normalized spacial score (nSPS) is 35.1. The summed E-state index contributed by atoms with van der Waals surface area (Å²) in [7, 11) is 0. The maximum atomic E-state index is 5.45. The van der Waals surface area contributed by atoms with Crippen LogP contribution in [0.1, 0.15) is 26.2 Å². The summed E-state index contributed by atoms with van der Waals surface area (Å²) in [5.41, 5.74) is 0. The van der Waals surface area contributed by atoms with Gasteiger partial charge in [-0.25, -0.2) is 0 Å². The van der Waals surface area contributed by atoms with Gasteiger partial charge in [0.2, 0.25) is 0 Å². The number of nitrogens with one attached hydrogen (secondary N) is 1. The number of hydrogen-bond acceptors (Lipinski definition) is 3. The Morgan fingerprint density at radius 1 is 1.53 bits per heavy atom. The van der Waals surface area contributed by atoms with Crippen molar-refractivity contribution in [2.75, 3.05) is 25.5 Å². The first-order chi connectivity index (χ1) is 7.34. The van der Waals surface area contributed by atoms with Crippen LogP contribution in [0.3, 0.4) is 0 Å². The molecule has 86 valence electrons. The first kappa shape index (κ1) is 11.3. The Bertz CT molecular complexity index is 227. The molecule has 2 unspecified atom stereocenters. The Morgan fingerprint density at radius 2 is 2.47 bits per heavy atom. The Hall–Kier alpha value is -0.220. The molecule has 0 spiro atoms. The van der Waals surface area contributed by atoms with E-state index in [1.54, 1.807) is 0 Å². The van der Waals surface area contributed by atoms with E-state index in [1.165, 1.54) is 25.0 Å². The van der Waals surface area contributed by atoms with Gasteiger partial charge in [-0.05, 0) is 26.2 Å². The molecule has 2 heterocycles. The highest BCUT2D eigenvalue weighted by Crippen LogP contribution is 2.17. The zero-order valence-electron chi connectivity index (χ0n) is 9.37. The number of hydrogen-bond donors (Lipinski definition) is 1. The highest BCUT2D eigenvalue weighted by atomic mass is 32.2. The quantitative estimate of drug-likeness (QED) is 0.783. The van der Waals surface area contributed by atoms with Gasteiger partial charge in [0.25, 0.3) is 0 Å². The zero-order chi connectivity index (χ0) is 10.5. The molecule has 2 aliphatic heterocycles. The van der Waals surface area contributed by atoms with Crippen LogP contribution in [0.4, 0.5) is 0 Å². The number of rotatable bonds is 2. The number of thioether (sulfide) groups is 1. The van der Waals surface area contributed by atoms with Crippen LogP contribution >= 0.6 is 11.8 Å². The monoisotopic (exact) mass is 228 g/mol. The molecule has 2 rings (SSSR count). The standard InChI is InChI=1S/C11H20N2OS/c1-9-4-6-15-11(13-9)12-7-10-3-2-5-14-8-10/h9-10H,2-8H2,1H3,(H,12,13). The molecule has 0 aromatic carbocycles. The Labute approximate surface area is 96.1 Å². The predicted molar refractivity (Wildman–Crippen MR) is 65.5 cm³/mol. The van der Waals surface area contributed by atoms with E-state index in [0.29, 0.717) is 12.0 Å². The van der Waals surface area contributed by atoms with Gasteiger partial charge < -0.3 is 10.1 Å². The minimum atomic E-state index is 0.590. The average Bonchev–Trinajstić information content (AvgIpc) is 2.28. The smallest absolute Gasteiger partial charge is 0.156 e. The van der Waals surface area contributed by atoms with Crippen LogP contribution in [0.25, 0.3) is 0 Å². The van der Waals surface area contributed by atoms with E-state index >= 15 is 0 Å². The first-order valence-corrected chi connectivity index (χ1v) is 6.84. The van der Waals surface area contributed by atoms with E-state index in [9.17, 15) is 0 Å². The van der Waals surface area contributed by atoms with Crippen molar-refractivity contribution in [1.29, 1.82) is 0 Å². The van der Waals surface area contributed by atoms with Gasteiger partial charge in [0.1, 0.15) is 0 Å².